The second-order valence-electron chi connectivity index (χ2n) is 6.57. The van der Waals surface area contributed by atoms with Gasteiger partial charge in [0.25, 0.3) is 0 Å². The number of anilines is 2. The van der Waals surface area contributed by atoms with Gasteiger partial charge in [0.05, 0.1) is 19.9 Å². The topological polar surface area (TPSA) is 56.1 Å². The van der Waals surface area contributed by atoms with Crippen molar-refractivity contribution in [2.45, 2.75) is 27.3 Å². The van der Waals surface area contributed by atoms with Gasteiger partial charge in [0.1, 0.15) is 5.82 Å². The maximum atomic E-state index is 13.5. The first-order valence-electron chi connectivity index (χ1n) is 8.62. The fraction of sp³-hybridized carbons (Fsp3) is 0.238. The summed E-state index contributed by atoms with van der Waals surface area (Å²) in [6.07, 6.45) is 1.58. The van der Waals surface area contributed by atoms with Gasteiger partial charge in [0.2, 0.25) is 11.7 Å². The van der Waals surface area contributed by atoms with E-state index in [1.54, 1.807) is 16.8 Å². The number of aromatic nitrogens is 2. The van der Waals surface area contributed by atoms with Gasteiger partial charge < -0.3 is 14.6 Å². The molecule has 140 valence electrons. The smallest absolute Gasteiger partial charge is 0.316 e. The van der Waals surface area contributed by atoms with Crippen LogP contribution in [0.3, 0.4) is 0 Å². The summed E-state index contributed by atoms with van der Waals surface area (Å²) in [4.78, 5) is 16.3. The third-order valence-electron chi connectivity index (χ3n) is 4.51. The van der Waals surface area contributed by atoms with Crippen LogP contribution in [0.4, 0.5) is 16.0 Å². The van der Waals surface area contributed by atoms with Gasteiger partial charge in [-0.05, 0) is 61.2 Å². The third-order valence-corrected chi connectivity index (χ3v) is 4.51. The van der Waals surface area contributed by atoms with Crippen LogP contribution in [0.5, 0.6) is 5.75 Å². The van der Waals surface area contributed by atoms with Crippen LogP contribution in [0, 0.1) is 26.6 Å². The number of halogens is 1. The Morgan fingerprint density at radius 3 is 2.56 bits per heavy atom. The number of ether oxygens (including phenoxy) is 1. The van der Waals surface area contributed by atoms with Gasteiger partial charge in [-0.15, -0.1) is 0 Å². The van der Waals surface area contributed by atoms with Crippen molar-refractivity contribution in [1.29, 1.82) is 0 Å². The second kappa shape index (κ2) is 7.61. The molecule has 0 bridgehead atoms. The molecule has 27 heavy (non-hydrogen) atoms. The third kappa shape index (κ3) is 4.16. The summed E-state index contributed by atoms with van der Waals surface area (Å²) in [5, 5.41) is 3.24. The first-order valence-corrected chi connectivity index (χ1v) is 8.62. The van der Waals surface area contributed by atoms with Crippen molar-refractivity contribution >= 4 is 11.6 Å². The van der Waals surface area contributed by atoms with Crippen molar-refractivity contribution in [3.05, 3.63) is 81.0 Å². The zero-order valence-corrected chi connectivity index (χ0v) is 15.8. The lowest BCUT2D eigenvalue weighted by molar-refractivity contribution is 0.402. The Kier molecular flexibility index (Phi) is 5.26. The summed E-state index contributed by atoms with van der Waals surface area (Å²) in [6.45, 7) is 6.42. The molecule has 0 radical (unpaired) electrons. The lowest BCUT2D eigenvalue weighted by Crippen LogP contribution is -2.19. The van der Waals surface area contributed by atoms with Crippen LogP contribution >= 0.6 is 0 Å². The molecule has 3 aromatic rings. The highest BCUT2D eigenvalue weighted by Crippen LogP contribution is 2.24. The molecule has 3 rings (SSSR count). The molecule has 1 N–H and O–H groups in total. The zero-order chi connectivity index (χ0) is 19.6. The molecule has 1 aromatic heterocycles. The van der Waals surface area contributed by atoms with E-state index in [0.29, 0.717) is 12.5 Å². The second-order valence-corrected chi connectivity index (χ2v) is 6.57. The molecule has 0 aliphatic rings. The Bertz CT molecular complexity index is 1040. The molecule has 5 nitrogen and oxygen atoms in total. The normalized spacial score (nSPS) is 10.7. The maximum absolute atomic E-state index is 13.5. The van der Waals surface area contributed by atoms with Crippen molar-refractivity contribution in [1.82, 2.24) is 9.55 Å². The molecule has 0 aliphatic heterocycles. The molecular weight excluding hydrogens is 345 g/mol. The van der Waals surface area contributed by atoms with E-state index < -0.39 is 5.56 Å². The first-order chi connectivity index (χ1) is 12.9. The number of nitrogens with one attached hydrogen (secondary N) is 1. The van der Waals surface area contributed by atoms with Crippen LogP contribution in [-0.4, -0.2) is 16.7 Å². The van der Waals surface area contributed by atoms with E-state index in [2.05, 4.69) is 23.3 Å². The van der Waals surface area contributed by atoms with Gasteiger partial charge in [0, 0.05) is 5.69 Å². The summed E-state index contributed by atoms with van der Waals surface area (Å²) in [5.41, 5.74) is 4.52. The number of aryl methyl sites for hydroxylation is 3. The highest BCUT2D eigenvalue weighted by Gasteiger charge is 2.12. The SMILES string of the molecule is COc1cn(Cc2cccc(F)c2)c(Nc2cc(C)c(C)cc2C)nc1=O. The predicted octanol–water partition coefficient (Wildman–Crippen LogP) is 4.11. The minimum Gasteiger partial charge on any atom is -0.490 e. The highest BCUT2D eigenvalue weighted by atomic mass is 19.1. The number of rotatable bonds is 5. The van der Waals surface area contributed by atoms with Crippen LogP contribution < -0.4 is 15.6 Å². The van der Waals surface area contributed by atoms with Gasteiger partial charge in [-0.25, -0.2) is 4.39 Å². The van der Waals surface area contributed by atoms with Crippen molar-refractivity contribution in [3.8, 4) is 5.75 Å². The molecule has 0 saturated carbocycles. The molecule has 6 heteroatoms. The van der Waals surface area contributed by atoms with Crippen molar-refractivity contribution < 1.29 is 9.13 Å². The van der Waals surface area contributed by atoms with Crippen LogP contribution in [0.15, 0.2) is 47.4 Å². The van der Waals surface area contributed by atoms with Gasteiger partial charge in [-0.2, -0.15) is 4.98 Å². The molecule has 2 aromatic carbocycles. The van der Waals surface area contributed by atoms with E-state index in [-0.39, 0.29) is 11.6 Å². The number of hydrogen-bond donors (Lipinski definition) is 1. The van der Waals surface area contributed by atoms with Crippen LogP contribution in [0.1, 0.15) is 22.3 Å². The van der Waals surface area contributed by atoms with Crippen LogP contribution in [0.2, 0.25) is 0 Å². The van der Waals surface area contributed by atoms with Crippen LogP contribution in [0.25, 0.3) is 0 Å². The van der Waals surface area contributed by atoms with Crippen LogP contribution in [-0.2, 0) is 6.54 Å². The lowest BCUT2D eigenvalue weighted by Gasteiger charge is -2.17. The summed E-state index contributed by atoms with van der Waals surface area (Å²) >= 11 is 0. The average Bonchev–Trinajstić information content (AvgIpc) is 2.61. The molecule has 0 atom stereocenters. The molecule has 0 spiro atoms. The van der Waals surface area contributed by atoms with Crippen molar-refractivity contribution in [2.75, 3.05) is 12.4 Å². The predicted molar refractivity (Wildman–Crippen MR) is 104 cm³/mol. The summed E-state index contributed by atoms with van der Waals surface area (Å²) in [5.74, 6) is 0.193. The summed E-state index contributed by atoms with van der Waals surface area (Å²) < 4.78 is 20.4. The van der Waals surface area contributed by atoms with E-state index in [1.807, 2.05) is 26.0 Å². The van der Waals surface area contributed by atoms with Gasteiger partial charge in [-0.3, -0.25) is 4.79 Å². The monoisotopic (exact) mass is 367 g/mol. The highest BCUT2D eigenvalue weighted by molar-refractivity contribution is 5.61. The quantitative estimate of drug-likeness (QED) is 0.737. The fourth-order valence-electron chi connectivity index (χ4n) is 2.88. The van der Waals surface area contributed by atoms with E-state index in [9.17, 15) is 9.18 Å². The van der Waals surface area contributed by atoms with Gasteiger partial charge >= 0.3 is 5.56 Å². The van der Waals surface area contributed by atoms with E-state index in [4.69, 9.17) is 4.74 Å². The minimum absolute atomic E-state index is 0.133. The number of hydrogen-bond acceptors (Lipinski definition) is 4. The molecule has 0 amide bonds. The zero-order valence-electron chi connectivity index (χ0n) is 15.8. The molecule has 0 aliphatic carbocycles. The largest absolute Gasteiger partial charge is 0.490 e. The number of benzene rings is 2. The first kappa shape index (κ1) is 18.6. The molecule has 0 saturated heterocycles. The standard InChI is InChI=1S/C21H22FN3O2/c1-13-8-15(3)18(9-14(13)2)23-21-24-20(26)19(27-4)12-25(21)11-16-6-5-7-17(22)10-16/h5-10,12H,11H2,1-4H3,(H,23,24,26). The fourth-order valence-corrected chi connectivity index (χ4v) is 2.88. The van der Waals surface area contributed by atoms with Gasteiger partial charge in [-0.1, -0.05) is 18.2 Å². The average molecular weight is 367 g/mol. The Balaban J connectivity index is 2.04. The minimum atomic E-state index is -0.461. The molecule has 1 heterocycles. The van der Waals surface area contributed by atoms with E-state index >= 15 is 0 Å². The molecule has 0 fully saturated rings. The maximum Gasteiger partial charge on any atom is 0.316 e. The Morgan fingerprint density at radius 2 is 1.85 bits per heavy atom. The molecular formula is C21H22FN3O2. The van der Waals surface area contributed by atoms with E-state index in [1.165, 1.54) is 24.8 Å². The Morgan fingerprint density at radius 1 is 1.11 bits per heavy atom. The lowest BCUT2D eigenvalue weighted by atomic mass is 10.1. The van der Waals surface area contributed by atoms with Crippen molar-refractivity contribution in [2.24, 2.45) is 0 Å². The Hall–Kier alpha value is -3.15. The van der Waals surface area contributed by atoms with E-state index in [0.717, 1.165) is 22.4 Å². The summed E-state index contributed by atoms with van der Waals surface area (Å²) in [6, 6.07) is 10.4. The summed E-state index contributed by atoms with van der Waals surface area (Å²) in [7, 11) is 1.42. The van der Waals surface area contributed by atoms with Crippen molar-refractivity contribution in [3.63, 3.8) is 0 Å². The number of nitrogens with zero attached hydrogens (tertiary/aromatic N) is 2. The molecule has 0 unspecified atom stereocenters. The van der Waals surface area contributed by atoms with Gasteiger partial charge in [0.15, 0.2) is 0 Å². The Labute approximate surface area is 157 Å². The number of methoxy groups -OCH3 is 1.